The van der Waals surface area contributed by atoms with Gasteiger partial charge < -0.3 is 15.0 Å². The van der Waals surface area contributed by atoms with Crippen LogP contribution in [-0.4, -0.2) is 37.0 Å². The molecule has 1 heterocycles. The van der Waals surface area contributed by atoms with Crippen molar-refractivity contribution in [3.05, 3.63) is 64.6 Å². The first-order chi connectivity index (χ1) is 13.1. The lowest BCUT2D eigenvalue weighted by molar-refractivity contribution is -0.128. The van der Waals surface area contributed by atoms with Crippen molar-refractivity contribution in [2.24, 2.45) is 5.92 Å². The minimum atomic E-state index is -0.677. The van der Waals surface area contributed by atoms with Crippen molar-refractivity contribution in [3.8, 4) is 5.75 Å². The van der Waals surface area contributed by atoms with Crippen molar-refractivity contribution in [3.63, 3.8) is 0 Å². The van der Waals surface area contributed by atoms with E-state index in [9.17, 15) is 4.79 Å². The maximum Gasteiger partial charge on any atom is 0.265 e. The van der Waals surface area contributed by atoms with Crippen LogP contribution in [0.3, 0.4) is 0 Å². The number of carbonyl (C=O) groups excluding carboxylic acids is 1. The largest absolute Gasteiger partial charge is 0.475 e. The highest BCUT2D eigenvalue weighted by Gasteiger charge is 2.24. The van der Waals surface area contributed by atoms with Gasteiger partial charge in [0.2, 0.25) is 6.10 Å². The Bertz CT molecular complexity index is 732. The van der Waals surface area contributed by atoms with Gasteiger partial charge in [-0.25, -0.2) is 0 Å². The Labute approximate surface area is 170 Å². The van der Waals surface area contributed by atoms with Crippen molar-refractivity contribution >= 4 is 21.8 Å². The molecule has 0 aliphatic carbocycles. The van der Waals surface area contributed by atoms with Crippen LogP contribution in [0.5, 0.6) is 5.75 Å². The summed E-state index contributed by atoms with van der Waals surface area (Å²) in [5.74, 6) is 0.962. The summed E-state index contributed by atoms with van der Waals surface area (Å²) >= 11 is 3.50. The number of nitrogens with one attached hydrogen (secondary N) is 1. The average Bonchev–Trinajstić information content (AvgIpc) is 3.19. The van der Waals surface area contributed by atoms with Gasteiger partial charge in [0, 0.05) is 18.7 Å². The molecule has 0 aromatic heterocycles. The minimum Gasteiger partial charge on any atom is -0.475 e. The van der Waals surface area contributed by atoms with Crippen molar-refractivity contribution < 1.29 is 9.53 Å². The van der Waals surface area contributed by atoms with Gasteiger partial charge in [-0.3, -0.25) is 4.79 Å². The third-order valence-electron chi connectivity index (χ3n) is 4.82. The number of nitrogens with zero attached hydrogens (tertiary/aromatic N) is 1. The summed E-state index contributed by atoms with van der Waals surface area (Å²) in [6.07, 6.45) is 1.90. The quantitative estimate of drug-likeness (QED) is 0.673. The number of amides is 1. The molecule has 3 rings (SSSR count). The topological polar surface area (TPSA) is 41.6 Å². The van der Waals surface area contributed by atoms with Crippen LogP contribution in [0.4, 0.5) is 0 Å². The van der Waals surface area contributed by atoms with E-state index in [2.05, 4.69) is 33.1 Å². The van der Waals surface area contributed by atoms with Crippen LogP contribution in [0.2, 0.25) is 0 Å². The second-order valence-corrected chi connectivity index (χ2v) is 8.05. The second kappa shape index (κ2) is 9.90. The van der Waals surface area contributed by atoms with E-state index in [1.807, 2.05) is 54.6 Å². The Hall–Kier alpha value is -1.85. The predicted molar refractivity (Wildman–Crippen MR) is 112 cm³/mol. The van der Waals surface area contributed by atoms with E-state index in [-0.39, 0.29) is 5.91 Å². The smallest absolute Gasteiger partial charge is 0.265 e. The van der Waals surface area contributed by atoms with Crippen molar-refractivity contribution in [2.75, 3.05) is 26.2 Å². The highest BCUT2D eigenvalue weighted by atomic mass is 79.9. The normalized spacial score (nSPS) is 16.7. The summed E-state index contributed by atoms with van der Waals surface area (Å²) in [7, 11) is 0. The summed E-state index contributed by atoms with van der Waals surface area (Å²) in [4.78, 5) is 15.4. The molecule has 2 atom stereocenters. The summed E-state index contributed by atoms with van der Waals surface area (Å²) in [5, 5.41) is 3.09. The van der Waals surface area contributed by atoms with E-state index in [1.54, 1.807) is 0 Å². The molecule has 1 amide bonds. The Kier molecular flexibility index (Phi) is 7.30. The second-order valence-electron chi connectivity index (χ2n) is 7.20. The Morgan fingerprint density at radius 2 is 1.78 bits per heavy atom. The zero-order valence-electron chi connectivity index (χ0n) is 15.7. The molecule has 2 aromatic carbocycles. The molecule has 1 aliphatic heterocycles. The number of rotatable bonds is 8. The van der Waals surface area contributed by atoms with Crippen LogP contribution in [0.25, 0.3) is 0 Å². The van der Waals surface area contributed by atoms with Crippen LogP contribution in [0, 0.1) is 5.92 Å². The summed E-state index contributed by atoms with van der Waals surface area (Å²) in [6.45, 7) is 6.22. The van der Waals surface area contributed by atoms with E-state index in [0.29, 0.717) is 18.2 Å². The van der Waals surface area contributed by atoms with E-state index < -0.39 is 6.10 Å². The number of hydrogen-bond donors (Lipinski definition) is 1. The van der Waals surface area contributed by atoms with Gasteiger partial charge in [0.05, 0.1) is 4.47 Å². The first kappa shape index (κ1) is 19.9. The fraction of sp³-hybridized carbons (Fsp3) is 0.409. The number of halogens is 1. The molecular formula is C22H27BrN2O2. The zero-order valence-corrected chi connectivity index (χ0v) is 17.3. The number of hydrogen-bond acceptors (Lipinski definition) is 3. The third-order valence-corrected chi connectivity index (χ3v) is 5.47. The summed E-state index contributed by atoms with van der Waals surface area (Å²) in [6, 6.07) is 17.2. The summed E-state index contributed by atoms with van der Waals surface area (Å²) < 4.78 is 6.92. The standard InChI is InChI=1S/C22H27BrN2O2/c1-17(16-25-13-7-8-14-25)15-24-22(26)21(18-9-3-2-4-10-18)27-20-12-6-5-11-19(20)23/h2-6,9-12,17,21H,7-8,13-16H2,1H3,(H,24,26). The predicted octanol–water partition coefficient (Wildman–Crippen LogP) is 4.42. The van der Waals surface area contributed by atoms with Crippen molar-refractivity contribution in [1.82, 2.24) is 10.2 Å². The average molecular weight is 431 g/mol. The molecule has 0 radical (unpaired) electrons. The maximum absolute atomic E-state index is 12.9. The molecule has 0 bridgehead atoms. The lowest BCUT2D eigenvalue weighted by atomic mass is 10.1. The van der Waals surface area contributed by atoms with Gasteiger partial charge in [-0.1, -0.05) is 49.4 Å². The Balaban J connectivity index is 1.64. The van der Waals surface area contributed by atoms with Gasteiger partial charge >= 0.3 is 0 Å². The molecule has 1 N–H and O–H groups in total. The molecule has 2 aromatic rings. The number of benzene rings is 2. The van der Waals surface area contributed by atoms with E-state index >= 15 is 0 Å². The van der Waals surface area contributed by atoms with Gasteiger partial charge in [0.15, 0.2) is 0 Å². The summed E-state index contributed by atoms with van der Waals surface area (Å²) in [5.41, 5.74) is 0.845. The number of carbonyl (C=O) groups is 1. The molecule has 5 heteroatoms. The van der Waals surface area contributed by atoms with Crippen LogP contribution >= 0.6 is 15.9 Å². The Morgan fingerprint density at radius 1 is 1.11 bits per heavy atom. The highest BCUT2D eigenvalue weighted by molar-refractivity contribution is 9.10. The minimum absolute atomic E-state index is 0.106. The van der Waals surface area contributed by atoms with Crippen LogP contribution < -0.4 is 10.1 Å². The lowest BCUT2D eigenvalue weighted by Gasteiger charge is -2.23. The number of para-hydroxylation sites is 1. The molecule has 1 fully saturated rings. The monoisotopic (exact) mass is 430 g/mol. The van der Waals surface area contributed by atoms with Crippen LogP contribution in [-0.2, 0) is 4.79 Å². The van der Waals surface area contributed by atoms with Gasteiger partial charge in [-0.2, -0.15) is 0 Å². The molecule has 2 unspecified atom stereocenters. The molecule has 0 saturated carbocycles. The zero-order chi connectivity index (χ0) is 19.1. The molecular weight excluding hydrogens is 404 g/mol. The van der Waals surface area contributed by atoms with Crippen molar-refractivity contribution in [2.45, 2.75) is 25.9 Å². The maximum atomic E-state index is 12.9. The fourth-order valence-corrected chi connectivity index (χ4v) is 3.78. The molecule has 1 saturated heterocycles. The first-order valence-electron chi connectivity index (χ1n) is 9.59. The number of ether oxygens (including phenoxy) is 1. The van der Waals surface area contributed by atoms with Crippen molar-refractivity contribution in [1.29, 1.82) is 0 Å². The fourth-order valence-electron chi connectivity index (χ4n) is 3.41. The molecule has 0 spiro atoms. The lowest BCUT2D eigenvalue weighted by Crippen LogP contribution is -2.38. The van der Waals surface area contributed by atoms with Gasteiger partial charge in [-0.05, 0) is 59.9 Å². The highest BCUT2D eigenvalue weighted by Crippen LogP contribution is 2.29. The van der Waals surface area contributed by atoms with Crippen LogP contribution in [0.1, 0.15) is 31.4 Å². The molecule has 144 valence electrons. The van der Waals surface area contributed by atoms with E-state index in [1.165, 1.54) is 25.9 Å². The van der Waals surface area contributed by atoms with E-state index in [0.717, 1.165) is 16.6 Å². The number of likely N-dealkylation sites (tertiary alicyclic amines) is 1. The molecule has 4 nitrogen and oxygen atoms in total. The van der Waals surface area contributed by atoms with Crippen LogP contribution in [0.15, 0.2) is 59.1 Å². The van der Waals surface area contributed by atoms with Gasteiger partial charge in [-0.15, -0.1) is 0 Å². The SMILES string of the molecule is CC(CNC(=O)C(Oc1ccccc1Br)c1ccccc1)CN1CCCC1. The van der Waals surface area contributed by atoms with Gasteiger partial charge in [0.25, 0.3) is 5.91 Å². The third kappa shape index (κ3) is 5.81. The molecule has 1 aliphatic rings. The van der Waals surface area contributed by atoms with Gasteiger partial charge in [0.1, 0.15) is 5.75 Å². The first-order valence-corrected chi connectivity index (χ1v) is 10.4. The van der Waals surface area contributed by atoms with E-state index in [4.69, 9.17) is 4.74 Å². The molecule has 27 heavy (non-hydrogen) atoms. The Morgan fingerprint density at radius 3 is 2.48 bits per heavy atom.